The Morgan fingerprint density at radius 2 is 1.72 bits per heavy atom. The third-order valence-corrected chi connectivity index (χ3v) is 6.10. The van der Waals surface area contributed by atoms with Crippen LogP contribution >= 0.6 is 0 Å². The number of alkyl carbamates (subject to hydrolysis) is 1. The first-order chi connectivity index (χ1) is 15.5. The number of hydrogen-bond donors (Lipinski definition) is 2. The number of rotatable bonds is 7. The molecule has 1 aliphatic carbocycles. The minimum Gasteiger partial charge on any atom is -0.481 e. The second-order valence-electron chi connectivity index (χ2n) is 8.05. The number of benzene rings is 2. The van der Waals surface area contributed by atoms with E-state index in [1.54, 1.807) is 7.11 Å². The molecular weight excluding hydrogens is 412 g/mol. The van der Waals surface area contributed by atoms with Crippen LogP contribution in [0.1, 0.15) is 29.9 Å². The largest absolute Gasteiger partial charge is 0.481 e. The molecule has 0 saturated carbocycles. The van der Waals surface area contributed by atoms with Crippen molar-refractivity contribution < 1.29 is 29.0 Å². The number of likely N-dealkylation sites (tertiary alicyclic amines) is 1. The fourth-order valence-electron chi connectivity index (χ4n) is 4.50. The number of methoxy groups -OCH3 is 1. The molecule has 2 aromatic carbocycles. The van der Waals surface area contributed by atoms with Crippen LogP contribution < -0.4 is 5.32 Å². The van der Waals surface area contributed by atoms with Crippen molar-refractivity contribution in [1.29, 1.82) is 0 Å². The second kappa shape index (κ2) is 9.40. The maximum absolute atomic E-state index is 12.8. The highest BCUT2D eigenvalue weighted by molar-refractivity contribution is 5.89. The van der Waals surface area contributed by atoms with Crippen LogP contribution in [0.5, 0.6) is 0 Å². The zero-order chi connectivity index (χ0) is 22.7. The second-order valence-corrected chi connectivity index (χ2v) is 8.05. The normalized spacial score (nSPS) is 18.0. The lowest BCUT2D eigenvalue weighted by Gasteiger charge is -2.23. The molecule has 32 heavy (non-hydrogen) atoms. The summed E-state index contributed by atoms with van der Waals surface area (Å²) in [5.74, 6) is -1.74. The van der Waals surface area contributed by atoms with Crippen molar-refractivity contribution in [2.75, 3.05) is 26.8 Å². The molecule has 1 aliphatic heterocycles. The molecule has 4 rings (SSSR count). The maximum Gasteiger partial charge on any atom is 0.407 e. The van der Waals surface area contributed by atoms with Crippen molar-refractivity contribution >= 4 is 18.0 Å². The van der Waals surface area contributed by atoms with Crippen molar-refractivity contribution in [3.05, 3.63) is 59.7 Å². The lowest BCUT2D eigenvalue weighted by Crippen LogP contribution is -2.49. The minimum absolute atomic E-state index is 0.0844. The van der Waals surface area contributed by atoms with Gasteiger partial charge in [0.05, 0.1) is 12.5 Å². The van der Waals surface area contributed by atoms with Crippen molar-refractivity contribution in [3.63, 3.8) is 0 Å². The van der Waals surface area contributed by atoms with Crippen LogP contribution in [0.25, 0.3) is 11.1 Å². The molecule has 0 radical (unpaired) electrons. The first-order valence-electron chi connectivity index (χ1n) is 10.6. The summed E-state index contributed by atoms with van der Waals surface area (Å²) in [6.45, 7) is 0.918. The molecule has 1 unspecified atom stereocenters. The molecule has 2 amide bonds. The molecule has 2 atom stereocenters. The smallest absolute Gasteiger partial charge is 0.407 e. The van der Waals surface area contributed by atoms with E-state index >= 15 is 0 Å². The summed E-state index contributed by atoms with van der Waals surface area (Å²) in [4.78, 5) is 38.1. The first kappa shape index (κ1) is 21.8. The third-order valence-electron chi connectivity index (χ3n) is 6.10. The average Bonchev–Trinajstić information content (AvgIpc) is 3.39. The van der Waals surface area contributed by atoms with Gasteiger partial charge in [0.2, 0.25) is 5.91 Å². The number of carbonyl (C=O) groups excluding carboxylic acids is 2. The number of nitrogens with zero attached hydrogens (tertiary/aromatic N) is 1. The lowest BCUT2D eigenvalue weighted by atomic mass is 9.98. The van der Waals surface area contributed by atoms with Gasteiger partial charge >= 0.3 is 12.1 Å². The van der Waals surface area contributed by atoms with Crippen LogP contribution in [-0.2, 0) is 19.1 Å². The quantitative estimate of drug-likeness (QED) is 0.689. The maximum atomic E-state index is 12.8. The summed E-state index contributed by atoms with van der Waals surface area (Å²) in [6.07, 6.45) is -0.739. The number of fused-ring (bicyclic) bond motifs is 3. The molecule has 2 N–H and O–H groups in total. The monoisotopic (exact) mass is 438 g/mol. The van der Waals surface area contributed by atoms with E-state index in [0.717, 1.165) is 22.3 Å². The van der Waals surface area contributed by atoms with Crippen molar-refractivity contribution in [2.24, 2.45) is 0 Å². The fourth-order valence-corrected chi connectivity index (χ4v) is 4.50. The van der Waals surface area contributed by atoms with E-state index in [1.807, 2.05) is 48.5 Å². The summed E-state index contributed by atoms with van der Waals surface area (Å²) in [5.41, 5.74) is 4.36. The van der Waals surface area contributed by atoms with Crippen LogP contribution in [0.3, 0.4) is 0 Å². The number of amides is 2. The number of carboxylic acid groups (broad SMARTS) is 1. The summed E-state index contributed by atoms with van der Waals surface area (Å²) in [5, 5.41) is 11.7. The van der Waals surface area contributed by atoms with Crippen LogP contribution in [0.2, 0.25) is 0 Å². The zero-order valence-corrected chi connectivity index (χ0v) is 17.8. The van der Waals surface area contributed by atoms with Gasteiger partial charge in [-0.15, -0.1) is 0 Å². The molecule has 2 aromatic rings. The molecule has 0 aromatic heterocycles. The highest BCUT2D eigenvalue weighted by Crippen LogP contribution is 2.44. The Morgan fingerprint density at radius 1 is 1.09 bits per heavy atom. The molecule has 1 fully saturated rings. The van der Waals surface area contributed by atoms with E-state index in [0.29, 0.717) is 19.5 Å². The van der Waals surface area contributed by atoms with E-state index in [4.69, 9.17) is 9.47 Å². The highest BCUT2D eigenvalue weighted by Gasteiger charge is 2.34. The van der Waals surface area contributed by atoms with Gasteiger partial charge in [-0.3, -0.25) is 9.59 Å². The van der Waals surface area contributed by atoms with Crippen LogP contribution in [0.4, 0.5) is 4.79 Å². The Kier molecular flexibility index (Phi) is 6.41. The van der Waals surface area contributed by atoms with Gasteiger partial charge in [0.25, 0.3) is 0 Å². The van der Waals surface area contributed by atoms with Gasteiger partial charge in [0, 0.05) is 26.1 Å². The SMILES string of the molecule is CO[C@H]1CCN(C(=O)C(CC(=O)O)NC(=O)OCC2c3ccccc3-c3ccccc32)C1. The Labute approximate surface area is 186 Å². The minimum atomic E-state index is -1.20. The highest BCUT2D eigenvalue weighted by atomic mass is 16.5. The van der Waals surface area contributed by atoms with E-state index < -0.39 is 30.4 Å². The number of aliphatic carboxylic acids is 1. The fraction of sp³-hybridized carbons (Fsp3) is 0.375. The number of carbonyl (C=O) groups is 3. The molecule has 0 spiro atoms. The number of hydrogen-bond acceptors (Lipinski definition) is 5. The van der Waals surface area contributed by atoms with Gasteiger partial charge in [0.1, 0.15) is 12.6 Å². The molecule has 8 nitrogen and oxygen atoms in total. The van der Waals surface area contributed by atoms with Crippen LogP contribution in [0, 0.1) is 0 Å². The van der Waals surface area contributed by atoms with Crippen LogP contribution in [0.15, 0.2) is 48.5 Å². The van der Waals surface area contributed by atoms with E-state index in [2.05, 4.69) is 5.32 Å². The topological polar surface area (TPSA) is 105 Å². The number of carboxylic acids is 1. The van der Waals surface area contributed by atoms with Crippen LogP contribution in [-0.4, -0.2) is 66.9 Å². The number of ether oxygens (including phenoxy) is 2. The first-order valence-corrected chi connectivity index (χ1v) is 10.6. The predicted octanol–water partition coefficient (Wildman–Crippen LogP) is 2.62. The van der Waals surface area contributed by atoms with Gasteiger partial charge < -0.3 is 24.8 Å². The molecule has 8 heteroatoms. The summed E-state index contributed by atoms with van der Waals surface area (Å²) >= 11 is 0. The van der Waals surface area contributed by atoms with Gasteiger partial charge in [-0.05, 0) is 28.7 Å². The third kappa shape index (κ3) is 4.45. The van der Waals surface area contributed by atoms with Crippen molar-refractivity contribution in [2.45, 2.75) is 30.9 Å². The standard InChI is InChI=1S/C24H26N2O6/c1-31-15-10-11-26(13-15)23(29)21(12-22(27)28)25-24(30)32-14-20-18-8-4-2-6-16(18)17-7-3-5-9-19(17)20/h2-9,15,20-21H,10-14H2,1H3,(H,25,30)(H,27,28)/t15-,21?/m0/s1. The van der Waals surface area contributed by atoms with E-state index in [1.165, 1.54) is 4.90 Å². The Hall–Kier alpha value is -3.39. The Bertz CT molecular complexity index is 978. The van der Waals surface area contributed by atoms with Crippen molar-refractivity contribution in [1.82, 2.24) is 10.2 Å². The zero-order valence-electron chi connectivity index (χ0n) is 17.8. The number of nitrogens with one attached hydrogen (secondary N) is 1. The Balaban J connectivity index is 1.42. The average molecular weight is 438 g/mol. The molecule has 1 heterocycles. The lowest BCUT2D eigenvalue weighted by molar-refractivity contribution is -0.142. The van der Waals surface area contributed by atoms with E-state index in [9.17, 15) is 19.5 Å². The predicted molar refractivity (Wildman–Crippen MR) is 116 cm³/mol. The van der Waals surface area contributed by atoms with Gasteiger partial charge in [-0.1, -0.05) is 48.5 Å². The van der Waals surface area contributed by atoms with Gasteiger partial charge in [-0.25, -0.2) is 4.79 Å². The summed E-state index contributed by atoms with van der Waals surface area (Å²) in [7, 11) is 1.57. The van der Waals surface area contributed by atoms with Crippen molar-refractivity contribution in [3.8, 4) is 11.1 Å². The molecular formula is C24H26N2O6. The molecule has 1 saturated heterocycles. The van der Waals surface area contributed by atoms with Gasteiger partial charge in [0.15, 0.2) is 0 Å². The summed E-state index contributed by atoms with van der Waals surface area (Å²) in [6, 6.07) is 14.7. The summed E-state index contributed by atoms with van der Waals surface area (Å²) < 4.78 is 10.7. The molecule has 168 valence electrons. The molecule has 0 bridgehead atoms. The Morgan fingerprint density at radius 3 is 2.28 bits per heavy atom. The van der Waals surface area contributed by atoms with E-state index in [-0.39, 0.29) is 18.6 Å². The molecule has 2 aliphatic rings. The van der Waals surface area contributed by atoms with Gasteiger partial charge in [-0.2, -0.15) is 0 Å².